The zero-order valence-corrected chi connectivity index (χ0v) is 8.99. The monoisotopic (exact) mass is 205 g/mol. The van der Waals surface area contributed by atoms with Gasteiger partial charge in [-0.1, -0.05) is 30.3 Å². The summed E-state index contributed by atoms with van der Waals surface area (Å²) in [6.45, 7) is 2.98. The van der Waals surface area contributed by atoms with Crippen LogP contribution in [-0.4, -0.2) is 11.7 Å². The van der Waals surface area contributed by atoms with Crippen LogP contribution in [0.4, 0.5) is 0 Å². The fraction of sp³-hybridized carbons (Fsp3) is 0.333. The maximum atomic E-state index is 11.1. The van der Waals surface area contributed by atoms with Crippen molar-refractivity contribution in [2.75, 3.05) is 0 Å². The summed E-state index contributed by atoms with van der Waals surface area (Å²) in [7, 11) is 0. The number of benzene rings is 1. The van der Waals surface area contributed by atoms with Gasteiger partial charge in [-0.2, -0.15) is 0 Å². The Morgan fingerprint density at radius 3 is 2.27 bits per heavy atom. The second kappa shape index (κ2) is 5.29. The number of hydrogen-bond acceptors (Lipinski definition) is 2. The Kier molecular flexibility index (Phi) is 4.03. The third-order valence-electron chi connectivity index (χ3n) is 2.07. The van der Waals surface area contributed by atoms with E-state index >= 15 is 0 Å². The zero-order valence-electron chi connectivity index (χ0n) is 8.99. The lowest BCUT2D eigenvalue weighted by molar-refractivity contribution is -0.120. The number of rotatable bonds is 4. The second-order valence-corrected chi connectivity index (χ2v) is 3.57. The molecule has 0 aliphatic heterocycles. The first-order chi connectivity index (χ1) is 7.09. The normalized spacial score (nSPS) is 11.9. The van der Waals surface area contributed by atoms with Crippen molar-refractivity contribution in [1.82, 2.24) is 5.32 Å². The number of ketones is 1. The van der Waals surface area contributed by atoms with E-state index in [1.54, 1.807) is 0 Å². The molecule has 0 aliphatic carbocycles. The summed E-state index contributed by atoms with van der Waals surface area (Å²) in [5.41, 5.74) is 0.961. The van der Waals surface area contributed by atoms with Crippen LogP contribution in [0, 0.1) is 0 Å². The van der Waals surface area contributed by atoms with Crippen LogP contribution in [0.25, 0.3) is 0 Å². The molecule has 1 rings (SSSR count). The van der Waals surface area contributed by atoms with E-state index in [1.165, 1.54) is 13.8 Å². The molecule has 0 saturated heterocycles. The molecule has 0 radical (unpaired) electrons. The molecule has 0 saturated carbocycles. The predicted molar refractivity (Wildman–Crippen MR) is 58.3 cm³/mol. The van der Waals surface area contributed by atoms with Crippen LogP contribution >= 0.6 is 0 Å². The molecule has 0 aromatic heterocycles. The first kappa shape index (κ1) is 11.4. The molecular weight excluding hydrogens is 190 g/mol. The Hall–Kier alpha value is -1.64. The lowest BCUT2D eigenvalue weighted by Crippen LogP contribution is -2.27. The first-order valence-electron chi connectivity index (χ1n) is 4.91. The largest absolute Gasteiger partial charge is 0.349 e. The van der Waals surface area contributed by atoms with Crippen LogP contribution in [0.3, 0.4) is 0 Å². The minimum Gasteiger partial charge on any atom is -0.349 e. The SMILES string of the molecule is CC(=O)CC(NC(C)=O)c1ccccc1. The quantitative estimate of drug-likeness (QED) is 0.815. The third-order valence-corrected chi connectivity index (χ3v) is 2.07. The summed E-state index contributed by atoms with van der Waals surface area (Å²) in [6, 6.07) is 9.30. The van der Waals surface area contributed by atoms with Crippen LogP contribution in [0.15, 0.2) is 30.3 Å². The van der Waals surface area contributed by atoms with Gasteiger partial charge in [0.15, 0.2) is 0 Å². The highest BCUT2D eigenvalue weighted by molar-refractivity contribution is 5.78. The Balaban J connectivity index is 2.81. The van der Waals surface area contributed by atoms with Crippen LogP contribution < -0.4 is 5.32 Å². The average Bonchev–Trinajstić information content (AvgIpc) is 2.17. The molecule has 15 heavy (non-hydrogen) atoms. The van der Waals surface area contributed by atoms with E-state index in [2.05, 4.69) is 5.32 Å². The highest BCUT2D eigenvalue weighted by atomic mass is 16.1. The molecule has 1 aromatic carbocycles. The molecular formula is C12H15NO2. The predicted octanol–water partition coefficient (Wildman–Crippen LogP) is 1.84. The van der Waals surface area contributed by atoms with E-state index in [1.807, 2.05) is 30.3 Å². The number of carbonyl (C=O) groups excluding carboxylic acids is 2. The van der Waals surface area contributed by atoms with Crippen molar-refractivity contribution < 1.29 is 9.59 Å². The zero-order chi connectivity index (χ0) is 11.3. The van der Waals surface area contributed by atoms with Crippen LogP contribution in [0.2, 0.25) is 0 Å². The van der Waals surface area contributed by atoms with E-state index in [4.69, 9.17) is 0 Å². The van der Waals surface area contributed by atoms with Crippen molar-refractivity contribution in [3.05, 3.63) is 35.9 Å². The molecule has 1 amide bonds. The van der Waals surface area contributed by atoms with E-state index in [0.29, 0.717) is 6.42 Å². The van der Waals surface area contributed by atoms with Crippen molar-refractivity contribution in [3.63, 3.8) is 0 Å². The van der Waals surface area contributed by atoms with Gasteiger partial charge in [-0.3, -0.25) is 9.59 Å². The van der Waals surface area contributed by atoms with Gasteiger partial charge in [-0.15, -0.1) is 0 Å². The molecule has 3 heteroatoms. The summed E-state index contributed by atoms with van der Waals surface area (Å²) >= 11 is 0. The molecule has 80 valence electrons. The molecule has 0 fully saturated rings. The van der Waals surface area contributed by atoms with E-state index in [9.17, 15) is 9.59 Å². The third kappa shape index (κ3) is 3.94. The van der Waals surface area contributed by atoms with Gasteiger partial charge in [-0.05, 0) is 12.5 Å². The molecule has 1 unspecified atom stereocenters. The maximum Gasteiger partial charge on any atom is 0.217 e. The van der Waals surface area contributed by atoms with Crippen LogP contribution in [-0.2, 0) is 9.59 Å². The number of carbonyl (C=O) groups is 2. The van der Waals surface area contributed by atoms with Gasteiger partial charge in [0, 0.05) is 13.3 Å². The minimum atomic E-state index is -0.207. The first-order valence-corrected chi connectivity index (χ1v) is 4.91. The summed E-state index contributed by atoms with van der Waals surface area (Å²) < 4.78 is 0. The van der Waals surface area contributed by atoms with Crippen molar-refractivity contribution in [2.24, 2.45) is 0 Å². The fourth-order valence-corrected chi connectivity index (χ4v) is 1.47. The summed E-state index contributed by atoms with van der Waals surface area (Å²) in [5, 5.41) is 2.77. The Labute approximate surface area is 89.5 Å². The number of nitrogens with one attached hydrogen (secondary N) is 1. The Morgan fingerprint density at radius 1 is 1.20 bits per heavy atom. The molecule has 0 spiro atoms. The number of Topliss-reactive ketones (excluding diaryl/α,β-unsaturated/α-hetero) is 1. The summed E-state index contributed by atoms with van der Waals surface area (Å²) in [5.74, 6) is -0.0530. The van der Waals surface area contributed by atoms with E-state index in [0.717, 1.165) is 5.56 Å². The van der Waals surface area contributed by atoms with Crippen molar-refractivity contribution in [2.45, 2.75) is 26.3 Å². The van der Waals surface area contributed by atoms with E-state index in [-0.39, 0.29) is 17.7 Å². The molecule has 1 aromatic rings. The van der Waals surface area contributed by atoms with Gasteiger partial charge in [0.1, 0.15) is 5.78 Å². The number of hydrogen-bond donors (Lipinski definition) is 1. The van der Waals surface area contributed by atoms with Crippen molar-refractivity contribution in [1.29, 1.82) is 0 Å². The van der Waals surface area contributed by atoms with Gasteiger partial charge in [-0.25, -0.2) is 0 Å². The highest BCUT2D eigenvalue weighted by Crippen LogP contribution is 2.16. The van der Waals surface area contributed by atoms with Gasteiger partial charge >= 0.3 is 0 Å². The molecule has 1 atom stereocenters. The second-order valence-electron chi connectivity index (χ2n) is 3.57. The summed E-state index contributed by atoms with van der Waals surface area (Å²) in [4.78, 5) is 22.0. The summed E-state index contributed by atoms with van der Waals surface area (Å²) in [6.07, 6.45) is 0.337. The van der Waals surface area contributed by atoms with Gasteiger partial charge < -0.3 is 5.32 Å². The fourth-order valence-electron chi connectivity index (χ4n) is 1.47. The van der Waals surface area contributed by atoms with Crippen molar-refractivity contribution in [3.8, 4) is 0 Å². The molecule has 0 heterocycles. The smallest absolute Gasteiger partial charge is 0.217 e. The standard InChI is InChI=1S/C12H15NO2/c1-9(14)8-12(13-10(2)15)11-6-4-3-5-7-11/h3-7,12H,8H2,1-2H3,(H,13,15). The molecule has 0 aliphatic rings. The van der Waals surface area contributed by atoms with Gasteiger partial charge in [0.05, 0.1) is 6.04 Å². The van der Waals surface area contributed by atoms with Crippen LogP contribution in [0.1, 0.15) is 31.9 Å². The maximum absolute atomic E-state index is 11.1. The topological polar surface area (TPSA) is 46.2 Å². The Morgan fingerprint density at radius 2 is 1.80 bits per heavy atom. The minimum absolute atomic E-state index is 0.0672. The van der Waals surface area contributed by atoms with Gasteiger partial charge in [0.2, 0.25) is 5.91 Å². The average molecular weight is 205 g/mol. The molecule has 3 nitrogen and oxygen atoms in total. The van der Waals surface area contributed by atoms with E-state index < -0.39 is 0 Å². The molecule has 0 bridgehead atoms. The van der Waals surface area contributed by atoms with Gasteiger partial charge in [0.25, 0.3) is 0 Å². The lowest BCUT2D eigenvalue weighted by Gasteiger charge is -2.16. The molecule has 1 N–H and O–H groups in total. The number of amides is 1. The van der Waals surface area contributed by atoms with Crippen molar-refractivity contribution >= 4 is 11.7 Å². The van der Waals surface area contributed by atoms with Crippen LogP contribution in [0.5, 0.6) is 0 Å². The Bertz CT molecular complexity index is 330. The lowest BCUT2D eigenvalue weighted by atomic mass is 10.0. The highest BCUT2D eigenvalue weighted by Gasteiger charge is 2.13.